The van der Waals surface area contributed by atoms with Crippen LogP contribution in [0.4, 0.5) is 0 Å². The molecule has 0 fully saturated rings. The van der Waals surface area contributed by atoms with Gasteiger partial charge in [0.05, 0.1) is 5.56 Å². The van der Waals surface area contributed by atoms with Gasteiger partial charge in [-0.1, -0.05) is 12.1 Å². The number of fused-ring (bicyclic) bond motifs is 1. The van der Waals surface area contributed by atoms with Crippen LogP contribution in [0.5, 0.6) is 11.5 Å². The van der Waals surface area contributed by atoms with Crippen LogP contribution in [0.1, 0.15) is 22.5 Å². The van der Waals surface area contributed by atoms with Gasteiger partial charge in [-0.15, -0.1) is 0 Å². The van der Waals surface area contributed by atoms with Gasteiger partial charge in [0.15, 0.2) is 11.5 Å². The third kappa shape index (κ3) is 3.04. The summed E-state index contributed by atoms with van der Waals surface area (Å²) in [5.74, 6) is 1.24. The van der Waals surface area contributed by atoms with Gasteiger partial charge < -0.3 is 19.8 Å². The lowest BCUT2D eigenvalue weighted by molar-refractivity contribution is 0.0811. The van der Waals surface area contributed by atoms with Crippen molar-refractivity contribution < 1.29 is 14.3 Å². The first-order chi connectivity index (χ1) is 10.8. The fourth-order valence-corrected chi connectivity index (χ4v) is 2.24. The topological polar surface area (TPSA) is 87.1 Å². The minimum Gasteiger partial charge on any atom is -0.486 e. The van der Waals surface area contributed by atoms with E-state index in [1.165, 1.54) is 12.3 Å². The summed E-state index contributed by atoms with van der Waals surface area (Å²) in [6, 6.07) is 11.0. The lowest BCUT2D eigenvalue weighted by Gasteiger charge is -2.26. The van der Waals surface area contributed by atoms with Crippen molar-refractivity contribution in [3.63, 3.8) is 0 Å². The van der Waals surface area contributed by atoms with Crippen LogP contribution < -0.4 is 14.8 Å². The molecule has 1 aliphatic heterocycles. The lowest BCUT2D eigenvalue weighted by Crippen LogP contribution is -2.34. The highest BCUT2D eigenvalue weighted by Crippen LogP contribution is 2.31. The highest BCUT2D eigenvalue weighted by atomic mass is 16.6. The van der Waals surface area contributed by atoms with E-state index in [0.717, 1.165) is 11.5 Å². The Morgan fingerprint density at radius 1 is 1.41 bits per heavy atom. The van der Waals surface area contributed by atoms with Gasteiger partial charge in [-0.05, 0) is 18.2 Å². The van der Waals surface area contributed by atoms with Crippen LogP contribution in [-0.4, -0.2) is 30.1 Å². The van der Waals surface area contributed by atoms with Crippen LogP contribution >= 0.6 is 0 Å². The van der Waals surface area contributed by atoms with E-state index in [2.05, 4.69) is 10.3 Å². The molecule has 0 bridgehead atoms. The Morgan fingerprint density at radius 3 is 3.00 bits per heavy atom. The summed E-state index contributed by atoms with van der Waals surface area (Å²) in [7, 11) is 0. The lowest BCUT2D eigenvalue weighted by atomic mass is 10.2. The number of nitrogens with zero attached hydrogens (tertiary/aromatic N) is 1. The molecule has 1 amide bonds. The maximum absolute atomic E-state index is 11.9. The fourth-order valence-electron chi connectivity index (χ4n) is 2.24. The summed E-state index contributed by atoms with van der Waals surface area (Å²) >= 11 is 0. The number of aromatic nitrogens is 1. The number of ether oxygens (including phenoxy) is 2. The number of benzene rings is 1. The maximum atomic E-state index is 11.9. The molecule has 1 aromatic heterocycles. The number of hydrogen-bond donors (Lipinski definition) is 2. The molecule has 0 saturated carbocycles. The highest BCUT2D eigenvalue weighted by molar-refractivity contribution is 5.92. The number of carbonyl (C=O) groups excluding carboxylic acids is 1. The summed E-state index contributed by atoms with van der Waals surface area (Å²) < 4.78 is 11.4. The Labute approximate surface area is 127 Å². The van der Waals surface area contributed by atoms with E-state index in [-0.39, 0.29) is 12.0 Å². The predicted octanol–water partition coefficient (Wildman–Crippen LogP) is 1.85. The zero-order valence-corrected chi connectivity index (χ0v) is 11.8. The Bertz CT molecular complexity index is 717. The van der Waals surface area contributed by atoms with Crippen LogP contribution in [0.3, 0.4) is 0 Å². The smallest absolute Gasteiger partial charge is 0.267 e. The minimum atomic E-state index is -0.237. The number of amides is 1. The first kappa shape index (κ1) is 14.0. The summed E-state index contributed by atoms with van der Waals surface area (Å²) in [4.78, 5) is 14.7. The molecule has 3 rings (SSSR count). The van der Waals surface area contributed by atoms with Gasteiger partial charge in [0.25, 0.3) is 5.91 Å². The van der Waals surface area contributed by atoms with Crippen molar-refractivity contribution in [1.82, 2.24) is 10.3 Å². The summed E-state index contributed by atoms with van der Waals surface area (Å²) in [5, 5.41) is 11.5. The number of carbonyl (C=O) groups is 1. The SMILES string of the molecule is N#Cc1c[nH]c(C(=O)NCC[C@H]2COc3ccccc3O2)c1. The number of nitriles is 1. The molecule has 0 radical (unpaired) electrons. The molecular weight excluding hydrogens is 282 g/mol. The third-order valence-electron chi connectivity index (χ3n) is 3.38. The molecule has 0 unspecified atom stereocenters. The standard InChI is InChI=1S/C16H15N3O3/c17-8-11-7-13(19-9-11)16(20)18-6-5-12-10-21-14-3-1-2-4-15(14)22-12/h1-4,7,9,12,19H,5-6,10H2,(H,18,20)/t12-/m0/s1. The number of aromatic amines is 1. The van der Waals surface area contributed by atoms with Crippen LogP contribution in [0, 0.1) is 11.3 Å². The van der Waals surface area contributed by atoms with Crippen LogP contribution in [0.15, 0.2) is 36.5 Å². The fraction of sp³-hybridized carbons (Fsp3) is 0.250. The maximum Gasteiger partial charge on any atom is 0.267 e. The summed E-state index contributed by atoms with van der Waals surface area (Å²) in [5.41, 5.74) is 0.813. The van der Waals surface area contributed by atoms with Gasteiger partial charge >= 0.3 is 0 Å². The molecule has 112 valence electrons. The Kier molecular flexibility index (Phi) is 3.97. The van der Waals surface area contributed by atoms with Crippen molar-refractivity contribution in [2.75, 3.05) is 13.2 Å². The first-order valence-corrected chi connectivity index (χ1v) is 7.01. The molecule has 2 N–H and O–H groups in total. The molecule has 2 aromatic rings. The summed E-state index contributed by atoms with van der Waals surface area (Å²) in [6.45, 7) is 0.934. The number of hydrogen-bond acceptors (Lipinski definition) is 4. The van der Waals surface area contributed by atoms with Gasteiger partial charge in [0.2, 0.25) is 0 Å². The van der Waals surface area contributed by atoms with Crippen molar-refractivity contribution in [3.8, 4) is 17.6 Å². The zero-order chi connectivity index (χ0) is 15.4. The first-order valence-electron chi connectivity index (χ1n) is 7.01. The minimum absolute atomic E-state index is 0.0893. The normalized spacial score (nSPS) is 15.9. The molecule has 1 aromatic carbocycles. The van der Waals surface area contributed by atoms with E-state index < -0.39 is 0 Å². The molecule has 1 atom stereocenters. The second-order valence-electron chi connectivity index (χ2n) is 4.96. The Morgan fingerprint density at radius 2 is 2.23 bits per heavy atom. The summed E-state index contributed by atoms with van der Waals surface area (Å²) in [6.07, 6.45) is 2.06. The second-order valence-corrected chi connectivity index (χ2v) is 4.96. The number of H-pyrrole nitrogens is 1. The number of rotatable bonds is 4. The van der Waals surface area contributed by atoms with Crippen molar-refractivity contribution in [3.05, 3.63) is 47.8 Å². The Hall–Kier alpha value is -2.94. The molecule has 2 heterocycles. The quantitative estimate of drug-likeness (QED) is 0.901. The molecule has 0 saturated heterocycles. The highest BCUT2D eigenvalue weighted by Gasteiger charge is 2.20. The molecule has 1 aliphatic rings. The number of para-hydroxylation sites is 2. The molecule has 6 nitrogen and oxygen atoms in total. The second kappa shape index (κ2) is 6.22. The van der Waals surface area contributed by atoms with Crippen LogP contribution in [0.2, 0.25) is 0 Å². The monoisotopic (exact) mass is 297 g/mol. The van der Waals surface area contributed by atoms with Crippen molar-refractivity contribution in [2.45, 2.75) is 12.5 Å². The predicted molar refractivity (Wildman–Crippen MR) is 78.8 cm³/mol. The zero-order valence-electron chi connectivity index (χ0n) is 11.8. The number of nitrogens with one attached hydrogen (secondary N) is 2. The van der Waals surface area contributed by atoms with Gasteiger partial charge in [0.1, 0.15) is 24.5 Å². The van der Waals surface area contributed by atoms with E-state index in [1.807, 2.05) is 30.3 Å². The molecule has 0 aliphatic carbocycles. The van der Waals surface area contributed by atoms with Crippen molar-refractivity contribution in [1.29, 1.82) is 5.26 Å². The van der Waals surface area contributed by atoms with E-state index in [4.69, 9.17) is 14.7 Å². The van der Waals surface area contributed by atoms with E-state index >= 15 is 0 Å². The van der Waals surface area contributed by atoms with Gasteiger partial charge in [0, 0.05) is 19.2 Å². The van der Waals surface area contributed by atoms with Crippen LogP contribution in [0.25, 0.3) is 0 Å². The Balaban J connectivity index is 1.48. The van der Waals surface area contributed by atoms with Crippen LogP contribution in [-0.2, 0) is 0 Å². The molecule has 22 heavy (non-hydrogen) atoms. The van der Waals surface area contributed by atoms with Gasteiger partial charge in [-0.25, -0.2) is 0 Å². The van der Waals surface area contributed by atoms with Gasteiger partial charge in [-0.3, -0.25) is 4.79 Å². The van der Waals surface area contributed by atoms with E-state index in [0.29, 0.717) is 30.8 Å². The van der Waals surface area contributed by atoms with Crippen molar-refractivity contribution >= 4 is 5.91 Å². The van der Waals surface area contributed by atoms with E-state index in [9.17, 15) is 4.79 Å². The van der Waals surface area contributed by atoms with Gasteiger partial charge in [-0.2, -0.15) is 5.26 Å². The van der Waals surface area contributed by atoms with Crippen molar-refractivity contribution in [2.24, 2.45) is 0 Å². The molecule has 0 spiro atoms. The molecule has 6 heteroatoms. The largest absolute Gasteiger partial charge is 0.486 e. The third-order valence-corrected chi connectivity index (χ3v) is 3.38. The average molecular weight is 297 g/mol. The van der Waals surface area contributed by atoms with E-state index in [1.54, 1.807) is 0 Å². The molecular formula is C16H15N3O3. The average Bonchev–Trinajstić information content (AvgIpc) is 3.04.